The molecule has 1 atom stereocenters. The SMILES string of the molecule is CC(NC(=O)NCCC(=O)O)c1nc(Cc2ccccc2)no1. The number of nitrogens with one attached hydrogen (secondary N) is 2. The highest BCUT2D eigenvalue weighted by molar-refractivity contribution is 5.75. The number of urea groups is 1. The van der Waals surface area contributed by atoms with E-state index in [1.165, 1.54) is 0 Å². The molecule has 2 amide bonds. The predicted molar refractivity (Wildman–Crippen MR) is 80.7 cm³/mol. The largest absolute Gasteiger partial charge is 0.481 e. The molecule has 122 valence electrons. The Morgan fingerprint density at radius 1 is 1.30 bits per heavy atom. The number of nitrogens with zero attached hydrogens (tertiary/aromatic N) is 2. The molecular weight excluding hydrogens is 300 g/mol. The van der Waals surface area contributed by atoms with E-state index in [9.17, 15) is 9.59 Å². The summed E-state index contributed by atoms with van der Waals surface area (Å²) >= 11 is 0. The number of rotatable bonds is 7. The standard InChI is InChI=1S/C15H18N4O4/c1-10(17-15(22)16-8-7-13(20)21)14-18-12(19-23-14)9-11-5-3-2-4-6-11/h2-6,10H,7-9H2,1H3,(H,20,21)(H2,16,17,22). The van der Waals surface area contributed by atoms with E-state index in [1.54, 1.807) is 6.92 Å². The molecule has 8 nitrogen and oxygen atoms in total. The lowest BCUT2D eigenvalue weighted by molar-refractivity contribution is -0.136. The van der Waals surface area contributed by atoms with Gasteiger partial charge < -0.3 is 20.3 Å². The van der Waals surface area contributed by atoms with Crippen molar-refractivity contribution in [3.8, 4) is 0 Å². The maximum absolute atomic E-state index is 11.6. The second-order valence-electron chi connectivity index (χ2n) is 4.98. The van der Waals surface area contributed by atoms with Crippen LogP contribution in [-0.4, -0.2) is 33.8 Å². The van der Waals surface area contributed by atoms with Gasteiger partial charge in [-0.3, -0.25) is 4.79 Å². The van der Waals surface area contributed by atoms with Crippen LogP contribution in [0.2, 0.25) is 0 Å². The van der Waals surface area contributed by atoms with Crippen molar-refractivity contribution in [3.63, 3.8) is 0 Å². The average molecular weight is 318 g/mol. The molecular formula is C15H18N4O4. The summed E-state index contributed by atoms with van der Waals surface area (Å²) in [6.07, 6.45) is 0.408. The van der Waals surface area contributed by atoms with Crippen LogP contribution in [0.3, 0.4) is 0 Å². The minimum absolute atomic E-state index is 0.0526. The van der Waals surface area contributed by atoms with Gasteiger partial charge in [0.15, 0.2) is 5.82 Å². The van der Waals surface area contributed by atoms with Crippen LogP contribution in [0, 0.1) is 0 Å². The first kappa shape index (κ1) is 16.5. The summed E-state index contributed by atoms with van der Waals surface area (Å²) in [5.41, 5.74) is 1.06. The fraction of sp³-hybridized carbons (Fsp3) is 0.333. The maximum atomic E-state index is 11.6. The van der Waals surface area contributed by atoms with Gasteiger partial charge in [-0.25, -0.2) is 4.79 Å². The van der Waals surface area contributed by atoms with Gasteiger partial charge in [0.2, 0.25) is 5.89 Å². The molecule has 2 aromatic rings. The zero-order valence-electron chi connectivity index (χ0n) is 12.7. The number of amides is 2. The average Bonchev–Trinajstić information content (AvgIpc) is 2.96. The van der Waals surface area contributed by atoms with Crippen molar-refractivity contribution in [2.45, 2.75) is 25.8 Å². The van der Waals surface area contributed by atoms with E-state index >= 15 is 0 Å². The lowest BCUT2D eigenvalue weighted by Gasteiger charge is -2.10. The molecule has 0 radical (unpaired) electrons. The van der Waals surface area contributed by atoms with Crippen molar-refractivity contribution in [1.82, 2.24) is 20.8 Å². The van der Waals surface area contributed by atoms with Crippen LogP contribution >= 0.6 is 0 Å². The van der Waals surface area contributed by atoms with E-state index in [4.69, 9.17) is 9.63 Å². The molecule has 0 spiro atoms. The predicted octanol–water partition coefficient (Wildman–Crippen LogP) is 1.50. The second-order valence-corrected chi connectivity index (χ2v) is 4.98. The molecule has 1 heterocycles. The first-order valence-electron chi connectivity index (χ1n) is 7.17. The molecule has 1 unspecified atom stereocenters. The lowest BCUT2D eigenvalue weighted by Crippen LogP contribution is -2.38. The third-order valence-electron chi connectivity index (χ3n) is 3.03. The molecule has 2 rings (SSSR count). The molecule has 0 bridgehead atoms. The van der Waals surface area contributed by atoms with Crippen molar-refractivity contribution in [2.75, 3.05) is 6.54 Å². The summed E-state index contributed by atoms with van der Waals surface area (Å²) in [6.45, 7) is 1.76. The lowest BCUT2D eigenvalue weighted by atomic mass is 10.1. The zero-order chi connectivity index (χ0) is 16.7. The van der Waals surface area contributed by atoms with Gasteiger partial charge in [-0.2, -0.15) is 4.98 Å². The summed E-state index contributed by atoms with van der Waals surface area (Å²) in [7, 11) is 0. The summed E-state index contributed by atoms with van der Waals surface area (Å²) in [6, 6.07) is 8.77. The first-order valence-corrected chi connectivity index (χ1v) is 7.17. The highest BCUT2D eigenvalue weighted by atomic mass is 16.5. The van der Waals surface area contributed by atoms with Crippen LogP contribution in [0.4, 0.5) is 4.79 Å². The molecule has 0 fully saturated rings. The summed E-state index contributed by atoms with van der Waals surface area (Å²) in [4.78, 5) is 26.2. The topological polar surface area (TPSA) is 117 Å². The van der Waals surface area contributed by atoms with Gasteiger partial charge in [0.1, 0.15) is 6.04 Å². The number of carbonyl (C=O) groups excluding carboxylic acids is 1. The van der Waals surface area contributed by atoms with E-state index in [2.05, 4.69) is 20.8 Å². The van der Waals surface area contributed by atoms with Crippen LogP contribution in [0.15, 0.2) is 34.9 Å². The molecule has 0 saturated heterocycles. The van der Waals surface area contributed by atoms with Crippen LogP contribution in [0.5, 0.6) is 0 Å². The van der Waals surface area contributed by atoms with Crippen LogP contribution in [0.1, 0.15) is 36.7 Å². The number of carboxylic acids is 1. The van der Waals surface area contributed by atoms with Gasteiger partial charge in [0, 0.05) is 13.0 Å². The van der Waals surface area contributed by atoms with Crippen LogP contribution in [-0.2, 0) is 11.2 Å². The summed E-state index contributed by atoms with van der Waals surface area (Å²) < 4.78 is 5.14. The van der Waals surface area contributed by atoms with Crippen molar-refractivity contribution in [1.29, 1.82) is 0 Å². The van der Waals surface area contributed by atoms with Gasteiger partial charge >= 0.3 is 12.0 Å². The molecule has 1 aromatic carbocycles. The van der Waals surface area contributed by atoms with E-state index < -0.39 is 18.0 Å². The molecule has 0 aliphatic heterocycles. The molecule has 23 heavy (non-hydrogen) atoms. The Bertz CT molecular complexity index is 657. The molecule has 3 N–H and O–H groups in total. The Labute approximate surface area is 132 Å². The Kier molecular flexibility index (Phi) is 5.67. The number of aliphatic carboxylic acids is 1. The van der Waals surface area contributed by atoms with E-state index in [0.717, 1.165) is 5.56 Å². The molecule has 8 heteroatoms. The van der Waals surface area contributed by atoms with Crippen molar-refractivity contribution >= 4 is 12.0 Å². The summed E-state index contributed by atoms with van der Waals surface area (Å²) in [5.74, 6) is -0.142. The minimum Gasteiger partial charge on any atom is -0.481 e. The van der Waals surface area contributed by atoms with Gasteiger partial charge in [0.25, 0.3) is 0 Å². The zero-order valence-corrected chi connectivity index (χ0v) is 12.7. The molecule has 0 aliphatic carbocycles. The van der Waals surface area contributed by atoms with Gasteiger partial charge in [0.05, 0.1) is 6.42 Å². The number of benzene rings is 1. The highest BCUT2D eigenvalue weighted by Gasteiger charge is 2.16. The normalized spacial score (nSPS) is 11.7. The Hall–Kier alpha value is -2.90. The second kappa shape index (κ2) is 7.92. The fourth-order valence-corrected chi connectivity index (χ4v) is 1.89. The quantitative estimate of drug-likeness (QED) is 0.712. The van der Waals surface area contributed by atoms with Gasteiger partial charge in [-0.1, -0.05) is 35.5 Å². The first-order chi connectivity index (χ1) is 11.0. The van der Waals surface area contributed by atoms with Crippen LogP contribution in [0.25, 0.3) is 0 Å². The van der Waals surface area contributed by atoms with E-state index in [-0.39, 0.29) is 13.0 Å². The van der Waals surface area contributed by atoms with Gasteiger partial charge in [-0.05, 0) is 12.5 Å². The monoisotopic (exact) mass is 318 g/mol. The minimum atomic E-state index is -0.971. The summed E-state index contributed by atoms with van der Waals surface area (Å²) in [5, 5.41) is 17.4. The van der Waals surface area contributed by atoms with E-state index in [1.807, 2.05) is 30.3 Å². The number of hydrogen-bond donors (Lipinski definition) is 3. The Morgan fingerprint density at radius 2 is 2.04 bits per heavy atom. The number of hydrogen-bond acceptors (Lipinski definition) is 5. The van der Waals surface area contributed by atoms with Crippen molar-refractivity contribution in [3.05, 3.63) is 47.6 Å². The van der Waals surface area contributed by atoms with E-state index in [0.29, 0.717) is 18.1 Å². The highest BCUT2D eigenvalue weighted by Crippen LogP contribution is 2.12. The Balaban J connectivity index is 1.84. The molecule has 0 saturated carbocycles. The number of aromatic nitrogens is 2. The van der Waals surface area contributed by atoms with Crippen molar-refractivity contribution < 1.29 is 19.2 Å². The Morgan fingerprint density at radius 3 is 2.74 bits per heavy atom. The maximum Gasteiger partial charge on any atom is 0.315 e. The fourth-order valence-electron chi connectivity index (χ4n) is 1.89. The molecule has 1 aromatic heterocycles. The number of carboxylic acid groups (broad SMARTS) is 1. The number of carbonyl (C=O) groups is 2. The third kappa shape index (κ3) is 5.42. The van der Waals surface area contributed by atoms with Crippen molar-refractivity contribution in [2.24, 2.45) is 0 Å². The molecule has 0 aliphatic rings. The third-order valence-corrected chi connectivity index (χ3v) is 3.03. The smallest absolute Gasteiger partial charge is 0.315 e. The van der Waals surface area contributed by atoms with Gasteiger partial charge in [-0.15, -0.1) is 0 Å². The van der Waals surface area contributed by atoms with Crippen LogP contribution < -0.4 is 10.6 Å².